The number of hydrogen-bond acceptors (Lipinski definition) is 4. The number of nitrogens with one attached hydrogen (secondary N) is 2. The minimum atomic E-state index is -4.48. The topological polar surface area (TPSA) is 41.9 Å². The number of alkyl halides is 3. The summed E-state index contributed by atoms with van der Waals surface area (Å²) >= 11 is 1.44. The third-order valence-corrected chi connectivity index (χ3v) is 4.46. The maximum absolute atomic E-state index is 13.1. The third-order valence-electron chi connectivity index (χ3n) is 3.76. The van der Waals surface area contributed by atoms with Gasteiger partial charge in [-0.15, -0.1) is 0 Å². The summed E-state index contributed by atoms with van der Waals surface area (Å²) in [6.07, 6.45) is 1.05. The van der Waals surface area contributed by atoms with Crippen LogP contribution in [0.3, 0.4) is 0 Å². The van der Waals surface area contributed by atoms with Crippen LogP contribution in [-0.4, -0.2) is 29.3 Å². The van der Waals surface area contributed by atoms with Gasteiger partial charge in [-0.1, -0.05) is 25.3 Å². The van der Waals surface area contributed by atoms with Crippen molar-refractivity contribution in [3.05, 3.63) is 67.2 Å². The SMILES string of the molecule is C=C/C(CNc1ccc(SNC)cc1-c1cn(C)cn1)=C(\C=C)C(F)(F)F. The fraction of sp³-hybridized carbons (Fsp3) is 0.211. The van der Waals surface area contributed by atoms with Crippen molar-refractivity contribution in [2.45, 2.75) is 11.1 Å². The highest BCUT2D eigenvalue weighted by molar-refractivity contribution is 7.97. The molecular formula is C19H21F3N4S. The van der Waals surface area contributed by atoms with Gasteiger partial charge in [0.25, 0.3) is 0 Å². The standard InChI is InChI=1S/C19H21F3N4S/c1-5-13(16(6-2)19(20,21)22)10-24-17-8-7-14(27-23-3)9-15(17)18-11-26(4)12-25-18/h5-9,11-12,23-24H,1-2,10H2,3-4H3/b16-13-. The van der Waals surface area contributed by atoms with E-state index in [1.807, 2.05) is 43.1 Å². The number of hydrogen-bond donors (Lipinski definition) is 2. The quantitative estimate of drug-likeness (QED) is 0.491. The maximum Gasteiger partial charge on any atom is 0.416 e. The Morgan fingerprint density at radius 3 is 2.56 bits per heavy atom. The van der Waals surface area contributed by atoms with E-state index < -0.39 is 11.7 Å². The Morgan fingerprint density at radius 1 is 1.30 bits per heavy atom. The summed E-state index contributed by atoms with van der Waals surface area (Å²) in [6, 6.07) is 5.64. The minimum absolute atomic E-state index is 0.0261. The lowest BCUT2D eigenvalue weighted by Gasteiger charge is -2.16. The Balaban J connectivity index is 2.39. The third kappa shape index (κ3) is 5.27. The van der Waals surface area contributed by atoms with Gasteiger partial charge in [0.15, 0.2) is 0 Å². The van der Waals surface area contributed by atoms with Gasteiger partial charge in [0.05, 0.1) is 17.6 Å². The van der Waals surface area contributed by atoms with Crippen LogP contribution >= 0.6 is 11.9 Å². The van der Waals surface area contributed by atoms with Crippen molar-refractivity contribution >= 4 is 17.6 Å². The Kier molecular flexibility index (Phi) is 6.92. The van der Waals surface area contributed by atoms with Crippen LogP contribution in [0, 0.1) is 0 Å². The molecule has 4 nitrogen and oxygen atoms in total. The molecule has 0 aliphatic rings. The highest BCUT2D eigenvalue weighted by atomic mass is 32.2. The summed E-state index contributed by atoms with van der Waals surface area (Å²) in [5.74, 6) is 0. The summed E-state index contributed by atoms with van der Waals surface area (Å²) in [4.78, 5) is 5.31. The molecule has 0 radical (unpaired) electrons. The number of aromatic nitrogens is 2. The van der Waals surface area contributed by atoms with Gasteiger partial charge in [-0.05, 0) is 42.8 Å². The molecule has 0 aliphatic heterocycles. The Morgan fingerprint density at radius 2 is 2.04 bits per heavy atom. The predicted octanol–water partition coefficient (Wildman–Crippen LogP) is 4.96. The number of allylic oxidation sites excluding steroid dienone is 2. The first-order valence-electron chi connectivity index (χ1n) is 8.05. The van der Waals surface area contributed by atoms with Crippen LogP contribution in [0.4, 0.5) is 18.9 Å². The largest absolute Gasteiger partial charge is 0.416 e. The summed E-state index contributed by atoms with van der Waals surface area (Å²) in [5.41, 5.74) is 1.43. The van der Waals surface area contributed by atoms with E-state index >= 15 is 0 Å². The molecule has 0 atom stereocenters. The van der Waals surface area contributed by atoms with Gasteiger partial charge in [0.1, 0.15) is 0 Å². The lowest BCUT2D eigenvalue weighted by Crippen LogP contribution is -2.16. The molecule has 8 heteroatoms. The average molecular weight is 394 g/mol. The van der Waals surface area contributed by atoms with Crippen LogP contribution in [0.1, 0.15) is 0 Å². The molecular weight excluding hydrogens is 373 g/mol. The highest BCUT2D eigenvalue weighted by Gasteiger charge is 2.33. The van der Waals surface area contributed by atoms with E-state index in [1.54, 1.807) is 6.33 Å². The van der Waals surface area contributed by atoms with Crippen molar-refractivity contribution in [1.82, 2.24) is 14.3 Å². The fourth-order valence-corrected chi connectivity index (χ4v) is 3.07. The molecule has 1 aromatic heterocycles. The molecule has 0 bridgehead atoms. The van der Waals surface area contributed by atoms with E-state index in [9.17, 15) is 13.2 Å². The van der Waals surface area contributed by atoms with Crippen LogP contribution in [0.2, 0.25) is 0 Å². The van der Waals surface area contributed by atoms with Crippen LogP contribution in [-0.2, 0) is 7.05 Å². The Hall–Kier alpha value is -2.45. The van der Waals surface area contributed by atoms with Crippen molar-refractivity contribution in [3.8, 4) is 11.3 Å². The number of benzene rings is 1. The summed E-state index contributed by atoms with van der Waals surface area (Å²) < 4.78 is 44.2. The molecule has 0 saturated carbocycles. The van der Waals surface area contributed by atoms with Crippen LogP contribution in [0.5, 0.6) is 0 Å². The molecule has 2 rings (SSSR count). The van der Waals surface area contributed by atoms with Crippen molar-refractivity contribution < 1.29 is 13.2 Å². The van der Waals surface area contributed by atoms with Crippen LogP contribution in [0.15, 0.2) is 72.1 Å². The second kappa shape index (κ2) is 8.96. The number of rotatable bonds is 8. The van der Waals surface area contributed by atoms with Crippen molar-refractivity contribution in [2.75, 3.05) is 18.9 Å². The van der Waals surface area contributed by atoms with Gasteiger partial charge in [-0.3, -0.25) is 4.72 Å². The van der Waals surface area contributed by atoms with E-state index in [4.69, 9.17) is 0 Å². The van der Waals surface area contributed by atoms with Gasteiger partial charge in [-0.2, -0.15) is 13.2 Å². The predicted molar refractivity (Wildman–Crippen MR) is 106 cm³/mol. The molecule has 0 saturated heterocycles. The van der Waals surface area contributed by atoms with E-state index in [0.717, 1.165) is 22.2 Å². The summed E-state index contributed by atoms with van der Waals surface area (Å²) in [6.45, 7) is 6.74. The molecule has 1 aromatic carbocycles. The molecule has 27 heavy (non-hydrogen) atoms. The molecule has 0 spiro atoms. The van der Waals surface area contributed by atoms with Gasteiger partial charge in [0, 0.05) is 35.9 Å². The highest BCUT2D eigenvalue weighted by Crippen LogP contribution is 2.32. The van der Waals surface area contributed by atoms with Gasteiger partial charge >= 0.3 is 6.18 Å². The van der Waals surface area contributed by atoms with E-state index in [1.165, 1.54) is 18.0 Å². The Labute approximate surface area is 161 Å². The molecule has 144 valence electrons. The fourth-order valence-electron chi connectivity index (χ4n) is 2.52. The van der Waals surface area contributed by atoms with E-state index in [2.05, 4.69) is 28.2 Å². The molecule has 2 aromatic rings. The zero-order valence-electron chi connectivity index (χ0n) is 15.1. The number of aryl methyl sites for hydroxylation is 1. The first-order valence-corrected chi connectivity index (χ1v) is 8.86. The van der Waals surface area contributed by atoms with Gasteiger partial charge < -0.3 is 9.88 Å². The number of anilines is 1. The second-order valence-electron chi connectivity index (χ2n) is 5.64. The Bertz CT molecular complexity index is 853. The smallest absolute Gasteiger partial charge is 0.380 e. The van der Waals surface area contributed by atoms with E-state index in [0.29, 0.717) is 5.69 Å². The zero-order valence-corrected chi connectivity index (χ0v) is 15.9. The summed E-state index contributed by atoms with van der Waals surface area (Å²) in [5, 5.41) is 3.07. The van der Waals surface area contributed by atoms with Gasteiger partial charge in [0.2, 0.25) is 0 Å². The first kappa shape index (κ1) is 20.9. The monoisotopic (exact) mass is 394 g/mol. The van der Waals surface area contributed by atoms with Crippen LogP contribution < -0.4 is 10.0 Å². The number of imidazole rings is 1. The average Bonchev–Trinajstić information content (AvgIpc) is 3.04. The second-order valence-corrected chi connectivity index (χ2v) is 6.72. The van der Waals surface area contributed by atoms with Gasteiger partial charge in [-0.25, -0.2) is 4.98 Å². The van der Waals surface area contributed by atoms with Crippen molar-refractivity contribution in [2.24, 2.45) is 7.05 Å². The lowest BCUT2D eigenvalue weighted by atomic mass is 10.1. The van der Waals surface area contributed by atoms with Crippen molar-refractivity contribution in [1.29, 1.82) is 0 Å². The maximum atomic E-state index is 13.1. The zero-order chi connectivity index (χ0) is 20.0. The molecule has 0 unspecified atom stereocenters. The number of halogens is 3. The molecule has 2 N–H and O–H groups in total. The van der Waals surface area contributed by atoms with Crippen LogP contribution in [0.25, 0.3) is 11.3 Å². The normalized spacial score (nSPS) is 12.5. The molecule has 1 heterocycles. The molecule has 0 aliphatic carbocycles. The first-order chi connectivity index (χ1) is 12.8. The lowest BCUT2D eigenvalue weighted by molar-refractivity contribution is -0.0887. The van der Waals surface area contributed by atoms with E-state index in [-0.39, 0.29) is 12.1 Å². The summed E-state index contributed by atoms with van der Waals surface area (Å²) in [7, 11) is 3.67. The number of nitrogens with zero attached hydrogens (tertiary/aromatic N) is 2. The molecule has 0 amide bonds. The van der Waals surface area contributed by atoms with Crippen molar-refractivity contribution in [3.63, 3.8) is 0 Å². The molecule has 0 fully saturated rings. The minimum Gasteiger partial charge on any atom is -0.380 e.